The number of carboxylic acids is 1. The van der Waals surface area contributed by atoms with E-state index in [9.17, 15) is 19.1 Å². The van der Waals surface area contributed by atoms with Gasteiger partial charge >= 0.3 is 11.9 Å². The number of hydrogen-bond acceptors (Lipinski definition) is 6. The third kappa shape index (κ3) is 9.59. The van der Waals surface area contributed by atoms with E-state index in [0.29, 0.717) is 25.0 Å². The number of rotatable bonds is 14. The summed E-state index contributed by atoms with van der Waals surface area (Å²) in [4.78, 5) is 23.8. The van der Waals surface area contributed by atoms with Crippen molar-refractivity contribution < 1.29 is 28.0 Å². The predicted molar refractivity (Wildman–Crippen MR) is 143 cm³/mol. The minimum absolute atomic E-state index is 0.202. The second-order valence-corrected chi connectivity index (χ2v) is 9.95. The lowest BCUT2D eigenvalue weighted by atomic mass is 10.1. The molecule has 1 N–H and O–H groups in total. The van der Waals surface area contributed by atoms with Crippen molar-refractivity contribution in [3.8, 4) is 5.75 Å². The Kier molecular flexibility index (Phi) is 11.2. The van der Waals surface area contributed by atoms with Gasteiger partial charge < -0.3 is 14.0 Å². The van der Waals surface area contributed by atoms with E-state index < -0.39 is 11.2 Å². The van der Waals surface area contributed by atoms with Crippen LogP contribution in [0.4, 0.5) is 4.39 Å². The van der Waals surface area contributed by atoms with E-state index in [1.165, 1.54) is 35.9 Å². The lowest BCUT2D eigenvalue weighted by Gasteiger charge is -2.13. The number of benzene rings is 3. The van der Waals surface area contributed by atoms with Crippen molar-refractivity contribution in [2.24, 2.45) is 0 Å². The topological polar surface area (TPSA) is 72.8 Å². The Morgan fingerprint density at radius 3 is 2.08 bits per heavy atom. The summed E-state index contributed by atoms with van der Waals surface area (Å²) in [5.74, 6) is -0.0309. The van der Waals surface area contributed by atoms with Crippen molar-refractivity contribution in [2.75, 3.05) is 18.6 Å². The van der Waals surface area contributed by atoms with Crippen LogP contribution in [0.1, 0.15) is 22.3 Å². The maximum Gasteiger partial charge on any atom is 0.316 e. The van der Waals surface area contributed by atoms with Crippen LogP contribution in [0.25, 0.3) is 0 Å². The highest BCUT2D eigenvalue weighted by atomic mass is 32.2. The van der Waals surface area contributed by atoms with Gasteiger partial charge in [-0.3, -0.25) is 9.59 Å². The molecule has 36 heavy (non-hydrogen) atoms. The molecule has 3 aromatic carbocycles. The molecule has 8 heteroatoms. The van der Waals surface area contributed by atoms with Crippen molar-refractivity contribution in [1.82, 2.24) is 0 Å². The van der Waals surface area contributed by atoms with Gasteiger partial charge in [0.1, 0.15) is 16.8 Å². The molecule has 0 saturated carbocycles. The number of carbonyl (C=O) groups is 2. The van der Waals surface area contributed by atoms with Crippen molar-refractivity contribution in [3.63, 3.8) is 0 Å². The second kappa shape index (κ2) is 14.6. The van der Waals surface area contributed by atoms with Crippen LogP contribution in [0.3, 0.4) is 0 Å². The zero-order chi connectivity index (χ0) is 25.8. The van der Waals surface area contributed by atoms with E-state index in [1.54, 1.807) is 12.1 Å². The number of halogens is 1. The molecule has 0 saturated heterocycles. The summed E-state index contributed by atoms with van der Waals surface area (Å²) >= 11 is 2.65. The normalized spacial score (nSPS) is 11.6. The quantitative estimate of drug-likeness (QED) is 0.210. The van der Waals surface area contributed by atoms with Gasteiger partial charge in [-0.05, 0) is 65.1 Å². The number of thioether (sulfide) groups is 1. The summed E-state index contributed by atoms with van der Waals surface area (Å²) in [7, 11) is 0. The van der Waals surface area contributed by atoms with Crippen LogP contribution in [-0.2, 0) is 40.0 Å². The first kappa shape index (κ1) is 27.6. The molecule has 0 amide bonds. The molecular formula is C28H29FO5S2. The molecule has 0 aliphatic rings. The first-order valence-corrected chi connectivity index (χ1v) is 13.7. The molecule has 0 radical (unpaired) electrons. The zero-order valence-corrected chi connectivity index (χ0v) is 21.7. The van der Waals surface area contributed by atoms with E-state index in [4.69, 9.17) is 8.92 Å². The highest BCUT2D eigenvalue weighted by molar-refractivity contribution is 8.00. The SMILES string of the molecule is CSOc1ccc(CC(=O)OCCc2ccc(CC(SCCc3ccc(F)cc3)C(=O)O)cc2)cc1. The van der Waals surface area contributed by atoms with Gasteiger partial charge in [-0.1, -0.05) is 48.5 Å². The number of carboxylic acid groups (broad SMARTS) is 1. The van der Waals surface area contributed by atoms with Gasteiger partial charge in [-0.25, -0.2) is 4.39 Å². The highest BCUT2D eigenvalue weighted by Gasteiger charge is 2.18. The molecular weight excluding hydrogens is 499 g/mol. The van der Waals surface area contributed by atoms with Crippen LogP contribution in [0.2, 0.25) is 0 Å². The van der Waals surface area contributed by atoms with Crippen molar-refractivity contribution in [3.05, 3.63) is 101 Å². The monoisotopic (exact) mass is 528 g/mol. The van der Waals surface area contributed by atoms with Gasteiger partial charge in [0.25, 0.3) is 0 Å². The molecule has 0 aromatic heterocycles. The Balaban J connectivity index is 1.39. The first-order chi connectivity index (χ1) is 17.4. The van der Waals surface area contributed by atoms with Crippen LogP contribution >= 0.6 is 23.8 Å². The minimum atomic E-state index is -0.846. The Morgan fingerprint density at radius 2 is 1.44 bits per heavy atom. The molecule has 3 rings (SSSR count). The van der Waals surface area contributed by atoms with Gasteiger partial charge in [0.15, 0.2) is 0 Å². The smallest absolute Gasteiger partial charge is 0.316 e. The van der Waals surface area contributed by atoms with Crippen LogP contribution < -0.4 is 4.18 Å². The van der Waals surface area contributed by atoms with E-state index in [1.807, 2.05) is 54.8 Å². The van der Waals surface area contributed by atoms with E-state index in [2.05, 4.69) is 0 Å². The van der Waals surface area contributed by atoms with Gasteiger partial charge in [0.05, 0.1) is 25.1 Å². The Hall–Kier alpha value is -2.97. The van der Waals surface area contributed by atoms with E-state index in [-0.39, 0.29) is 24.8 Å². The van der Waals surface area contributed by atoms with Gasteiger partial charge in [-0.15, -0.1) is 11.8 Å². The number of aryl methyl sites for hydroxylation is 1. The summed E-state index contributed by atoms with van der Waals surface area (Å²) in [5.41, 5.74) is 3.80. The van der Waals surface area contributed by atoms with Crippen molar-refractivity contribution in [1.29, 1.82) is 0 Å². The first-order valence-electron chi connectivity index (χ1n) is 11.5. The average Bonchev–Trinajstić information content (AvgIpc) is 2.87. The number of ether oxygens (including phenoxy) is 1. The number of aliphatic carboxylic acids is 1. The largest absolute Gasteiger partial charge is 0.480 e. The third-order valence-corrected chi connectivity index (χ3v) is 7.02. The Labute approximate surface area is 219 Å². The van der Waals surface area contributed by atoms with Crippen molar-refractivity contribution >= 4 is 35.7 Å². The third-order valence-electron chi connectivity index (χ3n) is 5.45. The van der Waals surface area contributed by atoms with E-state index >= 15 is 0 Å². The molecule has 3 aromatic rings. The minimum Gasteiger partial charge on any atom is -0.480 e. The lowest BCUT2D eigenvalue weighted by Crippen LogP contribution is -2.20. The molecule has 0 fully saturated rings. The van der Waals surface area contributed by atoms with Crippen molar-refractivity contribution in [2.45, 2.75) is 30.9 Å². The predicted octanol–water partition coefficient (Wildman–Crippen LogP) is 5.78. The summed E-state index contributed by atoms with van der Waals surface area (Å²) in [5, 5.41) is 9.05. The Morgan fingerprint density at radius 1 is 0.861 bits per heavy atom. The zero-order valence-electron chi connectivity index (χ0n) is 20.0. The molecule has 5 nitrogen and oxygen atoms in total. The lowest BCUT2D eigenvalue weighted by molar-refractivity contribution is -0.142. The number of carbonyl (C=O) groups excluding carboxylic acids is 1. The standard InChI is InChI=1S/C28H29FO5S2/c1-35-34-25-12-8-23(9-13-25)19-27(30)33-16-14-20-2-4-22(5-3-20)18-26(28(31)32)36-17-15-21-6-10-24(29)11-7-21/h2-13,26H,14-19H2,1H3,(H,31,32). The summed E-state index contributed by atoms with van der Waals surface area (Å²) in [6.45, 7) is 0.281. The highest BCUT2D eigenvalue weighted by Crippen LogP contribution is 2.20. The molecule has 1 unspecified atom stereocenters. The summed E-state index contributed by atoms with van der Waals surface area (Å²) in [6.07, 6.45) is 3.73. The molecule has 0 spiro atoms. The van der Waals surface area contributed by atoms with Crippen LogP contribution in [0.15, 0.2) is 72.8 Å². The Bertz CT molecular complexity index is 1100. The van der Waals surface area contributed by atoms with Crippen LogP contribution in [0.5, 0.6) is 5.75 Å². The molecule has 0 heterocycles. The molecule has 0 bridgehead atoms. The fraction of sp³-hybridized carbons (Fsp3) is 0.286. The molecule has 1 atom stereocenters. The number of esters is 1. The van der Waals surface area contributed by atoms with Crippen LogP contribution in [0, 0.1) is 5.82 Å². The fourth-order valence-corrected chi connectivity index (χ4v) is 4.90. The van der Waals surface area contributed by atoms with E-state index in [0.717, 1.165) is 28.0 Å². The van der Waals surface area contributed by atoms with Gasteiger partial charge in [0, 0.05) is 12.7 Å². The maximum atomic E-state index is 13.0. The fourth-order valence-electron chi connectivity index (χ4n) is 3.50. The molecule has 0 aliphatic carbocycles. The summed E-state index contributed by atoms with van der Waals surface area (Å²) in [6, 6.07) is 21.3. The molecule has 0 aliphatic heterocycles. The average molecular weight is 529 g/mol. The van der Waals surface area contributed by atoms with Crippen LogP contribution in [-0.4, -0.2) is 40.9 Å². The number of hydrogen-bond donors (Lipinski definition) is 1. The second-order valence-electron chi connectivity index (χ2n) is 8.14. The van der Waals surface area contributed by atoms with Gasteiger partial charge in [-0.2, -0.15) is 0 Å². The maximum absolute atomic E-state index is 13.0. The van der Waals surface area contributed by atoms with Gasteiger partial charge in [0.2, 0.25) is 0 Å². The molecule has 190 valence electrons. The summed E-state index contributed by atoms with van der Waals surface area (Å²) < 4.78 is 23.7.